The van der Waals surface area contributed by atoms with E-state index in [1.807, 2.05) is 0 Å². The molecule has 0 aliphatic heterocycles. The van der Waals surface area contributed by atoms with Gasteiger partial charge in [-0.05, 0) is 6.92 Å². The smallest absolute Gasteiger partial charge is 0.202 e. The number of methoxy groups -OCH3 is 1. The van der Waals surface area contributed by atoms with Gasteiger partial charge in [0.25, 0.3) is 0 Å². The van der Waals surface area contributed by atoms with E-state index in [9.17, 15) is 0 Å². The molecule has 0 bridgehead atoms. The molecule has 0 fully saturated rings. The second-order valence-corrected chi connectivity index (χ2v) is 4.37. The Labute approximate surface area is 88.9 Å². The average Bonchev–Trinajstić information content (AvgIpc) is 2.53. The zero-order valence-electron chi connectivity index (χ0n) is 9.07. The number of hydrogen-bond acceptors (Lipinski definition) is 5. The van der Waals surface area contributed by atoms with Gasteiger partial charge in [0.05, 0.1) is 6.61 Å². The summed E-state index contributed by atoms with van der Waals surface area (Å²) in [6, 6.07) is 0.271. The van der Waals surface area contributed by atoms with Crippen molar-refractivity contribution in [1.29, 1.82) is 0 Å². The Kier molecular flexibility index (Phi) is 4.28. The van der Waals surface area contributed by atoms with Gasteiger partial charge in [-0.1, -0.05) is 13.8 Å². The molecule has 0 saturated heterocycles. The van der Waals surface area contributed by atoms with Crippen LogP contribution in [0.5, 0.6) is 0 Å². The Morgan fingerprint density at radius 1 is 1.43 bits per heavy atom. The molecule has 80 valence electrons. The minimum absolute atomic E-state index is 0.271. The third kappa shape index (κ3) is 3.23. The van der Waals surface area contributed by atoms with E-state index in [1.54, 1.807) is 7.11 Å². The van der Waals surface area contributed by atoms with Crippen LogP contribution in [0.2, 0.25) is 0 Å². The van der Waals surface area contributed by atoms with E-state index in [0.29, 0.717) is 12.5 Å². The number of nitrogens with zero attached hydrogens (tertiary/aromatic N) is 2. The first-order valence-electron chi connectivity index (χ1n) is 4.72. The Morgan fingerprint density at radius 3 is 2.64 bits per heavy atom. The van der Waals surface area contributed by atoms with Gasteiger partial charge < -0.3 is 10.1 Å². The predicted octanol–water partition coefficient (Wildman–Crippen LogP) is 2.11. The van der Waals surface area contributed by atoms with E-state index in [2.05, 4.69) is 35.4 Å². The van der Waals surface area contributed by atoms with E-state index >= 15 is 0 Å². The number of anilines is 1. The fourth-order valence-corrected chi connectivity index (χ4v) is 1.85. The molecule has 1 rings (SSSR count). The summed E-state index contributed by atoms with van der Waals surface area (Å²) >= 11 is 1.40. The molecule has 0 saturated carbocycles. The van der Waals surface area contributed by atoms with E-state index < -0.39 is 0 Å². The highest BCUT2D eigenvalue weighted by Crippen LogP contribution is 2.17. The molecule has 5 heteroatoms. The van der Waals surface area contributed by atoms with Gasteiger partial charge in [0.2, 0.25) is 5.13 Å². The lowest BCUT2D eigenvalue weighted by Crippen LogP contribution is -2.20. The van der Waals surface area contributed by atoms with Crippen molar-refractivity contribution in [2.24, 2.45) is 0 Å². The van der Waals surface area contributed by atoms with Crippen LogP contribution in [0.25, 0.3) is 0 Å². The van der Waals surface area contributed by atoms with Gasteiger partial charge in [-0.2, -0.15) is 4.37 Å². The molecule has 1 unspecified atom stereocenters. The molecule has 14 heavy (non-hydrogen) atoms. The Morgan fingerprint density at radius 2 is 2.14 bits per heavy atom. The van der Waals surface area contributed by atoms with Crippen LogP contribution in [0.4, 0.5) is 5.13 Å². The molecule has 4 nitrogen and oxygen atoms in total. The third-order valence-electron chi connectivity index (χ3n) is 1.74. The zero-order chi connectivity index (χ0) is 10.6. The van der Waals surface area contributed by atoms with Crippen LogP contribution in [0.3, 0.4) is 0 Å². The van der Waals surface area contributed by atoms with E-state index in [4.69, 9.17) is 4.74 Å². The Hall–Kier alpha value is -0.680. The van der Waals surface area contributed by atoms with Crippen molar-refractivity contribution in [1.82, 2.24) is 9.36 Å². The van der Waals surface area contributed by atoms with Crippen molar-refractivity contribution < 1.29 is 4.74 Å². The monoisotopic (exact) mass is 215 g/mol. The van der Waals surface area contributed by atoms with Crippen molar-refractivity contribution in [3.8, 4) is 0 Å². The van der Waals surface area contributed by atoms with Gasteiger partial charge in [0.1, 0.15) is 5.82 Å². The average molecular weight is 215 g/mol. The second-order valence-electron chi connectivity index (χ2n) is 3.61. The molecule has 0 radical (unpaired) electrons. The molecular weight excluding hydrogens is 198 g/mol. The summed E-state index contributed by atoms with van der Waals surface area (Å²) in [6.07, 6.45) is 0. The summed E-state index contributed by atoms with van der Waals surface area (Å²) < 4.78 is 9.28. The molecule has 0 aromatic carbocycles. The second kappa shape index (κ2) is 5.26. The summed E-state index contributed by atoms with van der Waals surface area (Å²) in [6.45, 7) is 6.91. The number of nitrogens with one attached hydrogen (secondary N) is 1. The molecule has 1 aromatic rings. The first-order valence-corrected chi connectivity index (χ1v) is 5.50. The van der Waals surface area contributed by atoms with Crippen LogP contribution in [0, 0.1) is 0 Å². The van der Waals surface area contributed by atoms with Crippen LogP contribution in [-0.2, 0) is 4.74 Å². The van der Waals surface area contributed by atoms with Gasteiger partial charge in [0, 0.05) is 30.6 Å². The van der Waals surface area contributed by atoms with Gasteiger partial charge in [-0.25, -0.2) is 4.98 Å². The van der Waals surface area contributed by atoms with Crippen LogP contribution in [-0.4, -0.2) is 29.1 Å². The van der Waals surface area contributed by atoms with Gasteiger partial charge in [-0.3, -0.25) is 0 Å². The van der Waals surface area contributed by atoms with Gasteiger partial charge >= 0.3 is 0 Å². The lowest BCUT2D eigenvalue weighted by atomic mass is 10.2. The number of hydrogen-bond donors (Lipinski definition) is 1. The summed E-state index contributed by atoms with van der Waals surface area (Å²) in [5, 5.41) is 4.11. The predicted molar refractivity (Wildman–Crippen MR) is 59.0 cm³/mol. The minimum atomic E-state index is 0.271. The molecular formula is C9H17N3OS. The summed E-state index contributed by atoms with van der Waals surface area (Å²) in [7, 11) is 1.69. The summed E-state index contributed by atoms with van der Waals surface area (Å²) in [5.41, 5.74) is 0. The topological polar surface area (TPSA) is 47.0 Å². The summed E-state index contributed by atoms with van der Waals surface area (Å²) in [4.78, 5) is 4.37. The standard InChI is InChI=1S/C9H17N3OS/c1-6(2)8-11-9(14-12-8)10-7(3)5-13-4/h6-7H,5H2,1-4H3,(H,10,11,12). The molecule has 1 N–H and O–H groups in total. The largest absolute Gasteiger partial charge is 0.383 e. The Balaban J connectivity index is 2.51. The number of rotatable bonds is 5. The van der Waals surface area contributed by atoms with Crippen molar-refractivity contribution in [3.63, 3.8) is 0 Å². The number of aromatic nitrogens is 2. The fraction of sp³-hybridized carbons (Fsp3) is 0.778. The highest BCUT2D eigenvalue weighted by atomic mass is 32.1. The maximum absolute atomic E-state index is 5.02. The van der Waals surface area contributed by atoms with E-state index in [1.165, 1.54) is 11.5 Å². The SMILES string of the molecule is COCC(C)Nc1nc(C(C)C)ns1. The van der Waals surface area contributed by atoms with Crippen molar-refractivity contribution in [2.45, 2.75) is 32.7 Å². The molecule has 1 atom stereocenters. The molecule has 1 aromatic heterocycles. The molecule has 0 aliphatic carbocycles. The normalized spacial score (nSPS) is 13.2. The molecule has 1 heterocycles. The van der Waals surface area contributed by atoms with Gasteiger partial charge in [0.15, 0.2) is 0 Å². The van der Waals surface area contributed by atoms with Crippen LogP contribution in [0.15, 0.2) is 0 Å². The first-order chi connectivity index (χ1) is 6.63. The van der Waals surface area contributed by atoms with Gasteiger partial charge in [-0.15, -0.1) is 0 Å². The Bertz CT molecular complexity index is 275. The molecule has 0 amide bonds. The fourth-order valence-electron chi connectivity index (χ4n) is 1.03. The highest BCUT2D eigenvalue weighted by molar-refractivity contribution is 7.09. The van der Waals surface area contributed by atoms with Crippen LogP contribution in [0.1, 0.15) is 32.5 Å². The third-order valence-corrected chi connectivity index (χ3v) is 2.41. The van der Waals surface area contributed by atoms with Crippen molar-refractivity contribution in [3.05, 3.63) is 5.82 Å². The number of ether oxygens (including phenoxy) is 1. The maximum atomic E-state index is 5.02. The first kappa shape index (κ1) is 11.4. The van der Waals surface area contributed by atoms with Crippen molar-refractivity contribution in [2.75, 3.05) is 19.0 Å². The van der Waals surface area contributed by atoms with Crippen LogP contribution < -0.4 is 5.32 Å². The lowest BCUT2D eigenvalue weighted by molar-refractivity contribution is 0.190. The highest BCUT2D eigenvalue weighted by Gasteiger charge is 2.09. The van der Waals surface area contributed by atoms with Crippen LogP contribution >= 0.6 is 11.5 Å². The summed E-state index contributed by atoms with van der Waals surface area (Å²) in [5.74, 6) is 1.29. The zero-order valence-corrected chi connectivity index (χ0v) is 9.89. The van der Waals surface area contributed by atoms with E-state index in [-0.39, 0.29) is 6.04 Å². The van der Waals surface area contributed by atoms with E-state index in [0.717, 1.165) is 11.0 Å². The molecule has 0 spiro atoms. The quantitative estimate of drug-likeness (QED) is 0.817. The van der Waals surface area contributed by atoms with Crippen molar-refractivity contribution >= 4 is 16.7 Å². The maximum Gasteiger partial charge on any atom is 0.202 e. The minimum Gasteiger partial charge on any atom is -0.383 e. The lowest BCUT2D eigenvalue weighted by Gasteiger charge is -2.10. The molecule has 0 aliphatic rings.